The van der Waals surface area contributed by atoms with E-state index in [-0.39, 0.29) is 25.3 Å². The van der Waals surface area contributed by atoms with Crippen molar-refractivity contribution in [3.63, 3.8) is 0 Å². The van der Waals surface area contributed by atoms with Crippen LogP contribution in [0.1, 0.15) is 48.1 Å². The molecule has 174 valence electrons. The number of hydrogen-bond donors (Lipinski definition) is 1. The summed E-state index contributed by atoms with van der Waals surface area (Å²) in [5.74, 6) is -0.897. The Balaban J connectivity index is 1.60. The number of nitrogens with zero attached hydrogens (tertiary/aromatic N) is 2. The summed E-state index contributed by atoms with van der Waals surface area (Å²) in [7, 11) is 0. The van der Waals surface area contributed by atoms with Crippen LogP contribution in [0.4, 0.5) is 13.2 Å². The number of carbonyl (C=O) groups is 2. The average Bonchev–Trinajstić information content (AvgIpc) is 3.09. The number of carboxylic acid groups (broad SMARTS) is 1. The zero-order valence-corrected chi connectivity index (χ0v) is 18.1. The van der Waals surface area contributed by atoms with Gasteiger partial charge in [-0.05, 0) is 48.6 Å². The van der Waals surface area contributed by atoms with E-state index in [0.29, 0.717) is 37.9 Å². The molecule has 0 spiro atoms. The maximum atomic E-state index is 13.2. The second kappa shape index (κ2) is 9.29. The number of aromatic nitrogens is 1. The van der Waals surface area contributed by atoms with Crippen molar-refractivity contribution in [3.8, 4) is 0 Å². The lowest BCUT2D eigenvalue weighted by Crippen LogP contribution is -2.36. The maximum Gasteiger partial charge on any atom is 0.416 e. The van der Waals surface area contributed by atoms with Crippen molar-refractivity contribution >= 4 is 22.8 Å². The number of aliphatic carboxylic acids is 1. The van der Waals surface area contributed by atoms with Crippen LogP contribution < -0.4 is 0 Å². The lowest BCUT2D eigenvalue weighted by Gasteiger charge is -2.29. The highest BCUT2D eigenvalue weighted by Crippen LogP contribution is 2.33. The van der Waals surface area contributed by atoms with Gasteiger partial charge >= 0.3 is 12.1 Å². The molecule has 1 aliphatic rings. The van der Waals surface area contributed by atoms with Gasteiger partial charge in [-0.25, -0.2) is 0 Å². The van der Waals surface area contributed by atoms with Crippen LogP contribution in [0.3, 0.4) is 0 Å². The zero-order chi connectivity index (χ0) is 23.6. The molecule has 2 aromatic carbocycles. The van der Waals surface area contributed by atoms with Crippen molar-refractivity contribution in [2.45, 2.75) is 51.4 Å². The quantitative estimate of drug-likeness (QED) is 0.493. The van der Waals surface area contributed by atoms with Gasteiger partial charge in [0, 0.05) is 42.5 Å². The van der Waals surface area contributed by atoms with Crippen LogP contribution >= 0.6 is 0 Å². The van der Waals surface area contributed by atoms with Crippen molar-refractivity contribution in [1.82, 2.24) is 9.47 Å². The van der Waals surface area contributed by atoms with E-state index in [1.807, 2.05) is 28.8 Å². The van der Waals surface area contributed by atoms with Crippen LogP contribution in [0, 0.1) is 0 Å². The fourth-order valence-corrected chi connectivity index (χ4v) is 4.53. The van der Waals surface area contributed by atoms with Crippen LogP contribution in [-0.4, -0.2) is 33.0 Å². The minimum Gasteiger partial charge on any atom is -0.481 e. The van der Waals surface area contributed by atoms with Crippen LogP contribution in [-0.2, 0) is 35.3 Å². The summed E-state index contributed by atoms with van der Waals surface area (Å²) >= 11 is 0. The number of halogens is 3. The molecule has 4 rings (SSSR count). The second-order valence-corrected chi connectivity index (χ2v) is 8.39. The molecule has 3 aromatic rings. The Morgan fingerprint density at radius 2 is 1.76 bits per heavy atom. The highest BCUT2D eigenvalue weighted by Gasteiger charge is 2.31. The fourth-order valence-electron chi connectivity index (χ4n) is 4.53. The predicted molar refractivity (Wildman–Crippen MR) is 118 cm³/mol. The van der Waals surface area contributed by atoms with Gasteiger partial charge in [-0.3, -0.25) is 9.59 Å². The molecule has 1 aliphatic heterocycles. The third-order valence-corrected chi connectivity index (χ3v) is 6.15. The number of para-hydroxylation sites is 1. The van der Waals surface area contributed by atoms with Crippen LogP contribution in [0.2, 0.25) is 0 Å². The van der Waals surface area contributed by atoms with E-state index < -0.39 is 17.7 Å². The molecular formula is C25H25F3N2O3. The maximum absolute atomic E-state index is 13.2. The van der Waals surface area contributed by atoms with Gasteiger partial charge in [0.15, 0.2) is 0 Å². The lowest BCUT2D eigenvalue weighted by atomic mass is 10.0. The predicted octanol–water partition coefficient (Wildman–Crippen LogP) is 5.24. The van der Waals surface area contributed by atoms with Crippen molar-refractivity contribution in [3.05, 3.63) is 70.9 Å². The third-order valence-electron chi connectivity index (χ3n) is 6.15. The normalized spacial score (nSPS) is 13.8. The van der Waals surface area contributed by atoms with Gasteiger partial charge < -0.3 is 14.6 Å². The zero-order valence-electron chi connectivity index (χ0n) is 18.1. The number of alkyl halides is 3. The minimum absolute atomic E-state index is 0.0260. The number of fused-ring (bicyclic) bond motifs is 3. The molecule has 0 atom stereocenters. The van der Waals surface area contributed by atoms with Gasteiger partial charge in [0.05, 0.1) is 12.1 Å². The largest absolute Gasteiger partial charge is 0.481 e. The van der Waals surface area contributed by atoms with Crippen LogP contribution in [0.15, 0.2) is 48.5 Å². The first-order valence-corrected chi connectivity index (χ1v) is 11.0. The number of benzene rings is 2. The molecule has 1 aromatic heterocycles. The van der Waals surface area contributed by atoms with Crippen molar-refractivity contribution in [1.29, 1.82) is 0 Å². The first kappa shape index (κ1) is 22.9. The Bertz CT molecular complexity index is 1180. The lowest BCUT2D eigenvalue weighted by molar-refractivity contribution is -0.138. The Morgan fingerprint density at radius 1 is 1.00 bits per heavy atom. The molecule has 0 bridgehead atoms. The summed E-state index contributed by atoms with van der Waals surface area (Å²) in [4.78, 5) is 25.2. The number of rotatable bonds is 7. The molecular weight excluding hydrogens is 433 g/mol. The van der Waals surface area contributed by atoms with E-state index in [0.717, 1.165) is 28.2 Å². The molecule has 0 fully saturated rings. The van der Waals surface area contributed by atoms with E-state index in [9.17, 15) is 22.8 Å². The van der Waals surface area contributed by atoms with E-state index in [1.54, 1.807) is 11.0 Å². The van der Waals surface area contributed by atoms with Gasteiger partial charge in [0.1, 0.15) is 0 Å². The average molecular weight is 458 g/mol. The van der Waals surface area contributed by atoms with Gasteiger partial charge in [0.25, 0.3) is 0 Å². The first-order chi connectivity index (χ1) is 15.7. The number of hydrogen-bond acceptors (Lipinski definition) is 2. The minimum atomic E-state index is -4.40. The highest BCUT2D eigenvalue weighted by atomic mass is 19.4. The molecule has 0 saturated heterocycles. The highest BCUT2D eigenvalue weighted by molar-refractivity contribution is 5.86. The summed E-state index contributed by atoms with van der Waals surface area (Å²) in [6.45, 7) is 1.24. The van der Waals surface area contributed by atoms with Crippen molar-refractivity contribution in [2.24, 2.45) is 0 Å². The molecule has 1 amide bonds. The molecule has 0 unspecified atom stereocenters. The van der Waals surface area contributed by atoms with Crippen LogP contribution in [0.25, 0.3) is 10.9 Å². The molecule has 0 saturated carbocycles. The second-order valence-electron chi connectivity index (χ2n) is 8.39. The van der Waals surface area contributed by atoms with Crippen LogP contribution in [0.5, 0.6) is 0 Å². The fraction of sp³-hybridized carbons (Fsp3) is 0.360. The Morgan fingerprint density at radius 3 is 2.52 bits per heavy atom. The van der Waals surface area contributed by atoms with Gasteiger partial charge in [0.2, 0.25) is 5.91 Å². The Hall–Kier alpha value is -3.29. The smallest absolute Gasteiger partial charge is 0.416 e. The molecule has 1 N–H and O–H groups in total. The SMILES string of the molecule is O=C(O)CCCCC(=O)N1CCc2c(n(Cc3cccc(C(F)(F)F)c3)c3ccccc23)C1. The Labute approximate surface area is 189 Å². The topological polar surface area (TPSA) is 62.5 Å². The molecule has 2 heterocycles. The van der Waals surface area contributed by atoms with Gasteiger partial charge in [-0.15, -0.1) is 0 Å². The van der Waals surface area contributed by atoms with E-state index in [4.69, 9.17) is 5.11 Å². The summed E-state index contributed by atoms with van der Waals surface area (Å²) < 4.78 is 41.6. The number of carbonyl (C=O) groups excluding carboxylic acids is 1. The molecule has 0 radical (unpaired) electrons. The van der Waals surface area contributed by atoms with E-state index in [2.05, 4.69) is 0 Å². The Kier molecular flexibility index (Phi) is 6.44. The van der Waals surface area contributed by atoms with Gasteiger partial charge in [-0.1, -0.05) is 30.3 Å². The summed E-state index contributed by atoms with van der Waals surface area (Å²) in [6, 6.07) is 13.2. The molecule has 33 heavy (non-hydrogen) atoms. The number of unbranched alkanes of at least 4 members (excludes halogenated alkanes) is 1. The van der Waals surface area contributed by atoms with Gasteiger partial charge in [-0.2, -0.15) is 13.2 Å². The molecule has 0 aliphatic carbocycles. The van der Waals surface area contributed by atoms with Crippen molar-refractivity contribution in [2.75, 3.05) is 6.54 Å². The van der Waals surface area contributed by atoms with E-state index >= 15 is 0 Å². The number of carboxylic acids is 1. The standard InChI is InChI=1S/C25H25F3N2O3/c26-25(27,28)18-7-5-6-17(14-18)15-30-21-9-2-1-8-19(21)20-12-13-29(16-22(20)30)23(31)10-3-4-11-24(32)33/h1-2,5-9,14H,3-4,10-13,15-16H2,(H,32,33). The molecule has 8 heteroatoms. The number of amides is 1. The summed E-state index contributed by atoms with van der Waals surface area (Å²) in [6.07, 6.45) is -2.43. The summed E-state index contributed by atoms with van der Waals surface area (Å²) in [5.41, 5.74) is 2.89. The monoisotopic (exact) mass is 458 g/mol. The van der Waals surface area contributed by atoms with E-state index in [1.165, 1.54) is 12.1 Å². The summed E-state index contributed by atoms with van der Waals surface area (Å²) in [5, 5.41) is 9.82. The molecule has 5 nitrogen and oxygen atoms in total. The van der Waals surface area contributed by atoms with Crippen molar-refractivity contribution < 1.29 is 27.9 Å². The third kappa shape index (κ3) is 5.05. The first-order valence-electron chi connectivity index (χ1n) is 11.0.